The molecule has 4 nitrogen and oxygen atoms in total. The summed E-state index contributed by atoms with van der Waals surface area (Å²) >= 11 is 0. The zero-order valence-electron chi connectivity index (χ0n) is 12.7. The molecule has 0 radical (unpaired) electrons. The smallest absolute Gasteiger partial charge is 0.224 e. The molecule has 1 rings (SSSR count). The van der Waals surface area contributed by atoms with Crippen molar-refractivity contribution in [2.24, 2.45) is 0 Å². The average molecular weight is 277 g/mol. The summed E-state index contributed by atoms with van der Waals surface area (Å²) in [6.07, 6.45) is 3.86. The summed E-state index contributed by atoms with van der Waals surface area (Å²) in [5, 5.41) is 2.86. The number of anilines is 2. The van der Waals surface area contributed by atoms with Crippen LogP contribution in [0, 0.1) is 0 Å². The lowest BCUT2D eigenvalue weighted by Crippen LogP contribution is -2.26. The molecule has 112 valence electrons. The van der Waals surface area contributed by atoms with Gasteiger partial charge in [-0.15, -0.1) is 0 Å². The molecule has 20 heavy (non-hydrogen) atoms. The van der Waals surface area contributed by atoms with Crippen LogP contribution in [0.1, 0.15) is 39.5 Å². The highest BCUT2D eigenvalue weighted by Crippen LogP contribution is 2.16. The zero-order chi connectivity index (χ0) is 14.8. The van der Waals surface area contributed by atoms with Crippen LogP contribution in [0.2, 0.25) is 0 Å². The summed E-state index contributed by atoms with van der Waals surface area (Å²) in [5.41, 5.74) is 7.11. The number of carbonyl (C=O) groups is 1. The fourth-order valence-electron chi connectivity index (χ4n) is 2.10. The van der Waals surface area contributed by atoms with E-state index in [0.29, 0.717) is 17.8 Å². The van der Waals surface area contributed by atoms with E-state index >= 15 is 0 Å². The highest BCUT2D eigenvalue weighted by molar-refractivity contribution is 5.93. The van der Waals surface area contributed by atoms with Gasteiger partial charge in [0.1, 0.15) is 0 Å². The van der Waals surface area contributed by atoms with E-state index in [4.69, 9.17) is 5.73 Å². The number of amides is 1. The number of nitrogen functional groups attached to an aromatic ring is 1. The minimum atomic E-state index is 0.0365. The van der Waals surface area contributed by atoms with Crippen molar-refractivity contribution in [2.75, 3.05) is 30.7 Å². The first-order valence-corrected chi connectivity index (χ1v) is 7.54. The van der Waals surface area contributed by atoms with Crippen LogP contribution in [0.15, 0.2) is 24.3 Å². The minimum Gasteiger partial charge on any atom is -0.397 e. The van der Waals surface area contributed by atoms with Crippen molar-refractivity contribution in [2.45, 2.75) is 39.5 Å². The second-order valence-corrected chi connectivity index (χ2v) is 5.03. The van der Waals surface area contributed by atoms with E-state index in [1.807, 2.05) is 18.2 Å². The molecule has 0 unspecified atom stereocenters. The van der Waals surface area contributed by atoms with Crippen LogP contribution in [-0.4, -0.2) is 30.4 Å². The number of nitrogens with one attached hydrogen (secondary N) is 1. The molecule has 0 aromatic heterocycles. The summed E-state index contributed by atoms with van der Waals surface area (Å²) < 4.78 is 0. The van der Waals surface area contributed by atoms with Gasteiger partial charge < -0.3 is 16.0 Å². The quantitative estimate of drug-likeness (QED) is 0.682. The van der Waals surface area contributed by atoms with E-state index in [-0.39, 0.29) is 5.91 Å². The first-order chi connectivity index (χ1) is 9.67. The fourth-order valence-corrected chi connectivity index (χ4v) is 2.10. The van der Waals surface area contributed by atoms with E-state index in [1.54, 1.807) is 6.07 Å². The Kier molecular flexibility index (Phi) is 7.73. The lowest BCUT2D eigenvalue weighted by Gasteiger charge is -2.19. The van der Waals surface area contributed by atoms with E-state index in [9.17, 15) is 4.79 Å². The Morgan fingerprint density at radius 2 is 1.90 bits per heavy atom. The first kappa shape index (κ1) is 16.5. The van der Waals surface area contributed by atoms with Crippen molar-refractivity contribution in [3.05, 3.63) is 24.3 Å². The molecule has 0 fully saturated rings. The summed E-state index contributed by atoms with van der Waals surface area (Å²) in [6.45, 7) is 7.52. The Morgan fingerprint density at radius 3 is 2.55 bits per heavy atom. The van der Waals surface area contributed by atoms with Gasteiger partial charge in [0.25, 0.3) is 0 Å². The van der Waals surface area contributed by atoms with Gasteiger partial charge in [-0.25, -0.2) is 0 Å². The molecular weight excluding hydrogens is 250 g/mol. The Hall–Kier alpha value is -1.55. The van der Waals surface area contributed by atoms with Crippen LogP contribution >= 0.6 is 0 Å². The van der Waals surface area contributed by atoms with Crippen molar-refractivity contribution in [1.82, 2.24) is 4.90 Å². The number of para-hydroxylation sites is 2. The second kappa shape index (κ2) is 9.37. The van der Waals surface area contributed by atoms with Crippen LogP contribution in [-0.2, 0) is 4.79 Å². The zero-order valence-corrected chi connectivity index (χ0v) is 12.7. The molecule has 0 aliphatic rings. The van der Waals surface area contributed by atoms with Gasteiger partial charge in [0.15, 0.2) is 0 Å². The number of unbranched alkanes of at least 4 members (excludes halogenated alkanes) is 1. The van der Waals surface area contributed by atoms with E-state index in [1.165, 1.54) is 12.8 Å². The fraction of sp³-hybridized carbons (Fsp3) is 0.562. The van der Waals surface area contributed by atoms with Crippen molar-refractivity contribution >= 4 is 17.3 Å². The Balaban J connectivity index is 2.28. The summed E-state index contributed by atoms with van der Waals surface area (Å²) in [7, 11) is 0. The van der Waals surface area contributed by atoms with Crippen LogP contribution in [0.3, 0.4) is 0 Å². The van der Waals surface area contributed by atoms with Gasteiger partial charge in [-0.1, -0.05) is 32.4 Å². The molecule has 0 saturated carbocycles. The first-order valence-electron chi connectivity index (χ1n) is 7.54. The van der Waals surface area contributed by atoms with Crippen LogP contribution in [0.4, 0.5) is 11.4 Å². The predicted molar refractivity (Wildman–Crippen MR) is 85.7 cm³/mol. The third kappa shape index (κ3) is 6.06. The maximum Gasteiger partial charge on any atom is 0.224 e. The number of benzene rings is 1. The lowest BCUT2D eigenvalue weighted by atomic mass is 10.2. The van der Waals surface area contributed by atoms with Gasteiger partial charge in [0.2, 0.25) is 5.91 Å². The van der Waals surface area contributed by atoms with Crippen molar-refractivity contribution in [3.63, 3.8) is 0 Å². The van der Waals surface area contributed by atoms with Gasteiger partial charge in [0.05, 0.1) is 11.4 Å². The molecule has 1 aromatic carbocycles. The second-order valence-electron chi connectivity index (χ2n) is 5.03. The van der Waals surface area contributed by atoms with Gasteiger partial charge in [-0.2, -0.15) is 0 Å². The van der Waals surface area contributed by atoms with Crippen LogP contribution < -0.4 is 11.1 Å². The minimum absolute atomic E-state index is 0.0365. The van der Waals surface area contributed by atoms with E-state index in [0.717, 1.165) is 26.1 Å². The molecular formula is C16H27N3O. The molecule has 0 heterocycles. The van der Waals surface area contributed by atoms with Gasteiger partial charge in [0, 0.05) is 6.42 Å². The molecule has 0 bridgehead atoms. The normalized spacial score (nSPS) is 10.8. The van der Waals surface area contributed by atoms with Crippen molar-refractivity contribution < 1.29 is 4.79 Å². The van der Waals surface area contributed by atoms with Crippen molar-refractivity contribution in [3.8, 4) is 0 Å². The number of nitrogens with zero attached hydrogens (tertiary/aromatic N) is 1. The van der Waals surface area contributed by atoms with Gasteiger partial charge >= 0.3 is 0 Å². The average Bonchev–Trinajstić information content (AvgIpc) is 2.45. The molecule has 0 aliphatic carbocycles. The standard InChI is InChI=1S/C16H27N3O/c1-3-5-12-19(4-2)13-8-11-16(20)18-15-10-7-6-9-14(15)17/h6-7,9-10H,3-5,8,11-13,17H2,1-2H3,(H,18,20). The Labute approximate surface area is 122 Å². The Morgan fingerprint density at radius 1 is 1.20 bits per heavy atom. The topological polar surface area (TPSA) is 58.4 Å². The molecule has 0 aliphatic heterocycles. The molecule has 0 spiro atoms. The summed E-state index contributed by atoms with van der Waals surface area (Å²) in [5.74, 6) is 0.0365. The largest absolute Gasteiger partial charge is 0.397 e. The molecule has 0 atom stereocenters. The molecule has 3 N–H and O–H groups in total. The maximum atomic E-state index is 11.9. The van der Waals surface area contributed by atoms with E-state index in [2.05, 4.69) is 24.1 Å². The number of nitrogens with two attached hydrogens (primary N) is 1. The molecule has 1 aromatic rings. The highest BCUT2D eigenvalue weighted by atomic mass is 16.1. The SMILES string of the molecule is CCCCN(CC)CCCC(=O)Nc1ccccc1N. The number of carbonyl (C=O) groups excluding carboxylic acids is 1. The number of hydrogen-bond acceptors (Lipinski definition) is 3. The Bertz CT molecular complexity index is 406. The summed E-state index contributed by atoms with van der Waals surface area (Å²) in [4.78, 5) is 14.3. The molecule has 4 heteroatoms. The van der Waals surface area contributed by atoms with Crippen LogP contribution in [0.25, 0.3) is 0 Å². The number of hydrogen-bond donors (Lipinski definition) is 2. The van der Waals surface area contributed by atoms with Crippen LogP contribution in [0.5, 0.6) is 0 Å². The third-order valence-electron chi connectivity index (χ3n) is 3.39. The maximum absolute atomic E-state index is 11.9. The monoisotopic (exact) mass is 277 g/mol. The highest BCUT2D eigenvalue weighted by Gasteiger charge is 2.06. The summed E-state index contributed by atoms with van der Waals surface area (Å²) in [6, 6.07) is 7.35. The predicted octanol–water partition coefficient (Wildman–Crippen LogP) is 3.11. The lowest BCUT2D eigenvalue weighted by molar-refractivity contribution is -0.116. The third-order valence-corrected chi connectivity index (χ3v) is 3.39. The number of rotatable bonds is 9. The molecule has 1 amide bonds. The van der Waals surface area contributed by atoms with Crippen molar-refractivity contribution in [1.29, 1.82) is 0 Å². The van der Waals surface area contributed by atoms with E-state index < -0.39 is 0 Å². The van der Waals surface area contributed by atoms with Gasteiger partial charge in [-0.3, -0.25) is 4.79 Å². The molecule has 0 saturated heterocycles. The van der Waals surface area contributed by atoms with Gasteiger partial charge in [-0.05, 0) is 44.6 Å².